The second-order valence-electron chi connectivity index (χ2n) is 9.14. The Hall–Kier alpha value is -3.06. The Bertz CT molecular complexity index is 1610. The number of nitrogens with zero attached hydrogens (tertiary/aromatic N) is 3. The maximum Gasteiger partial charge on any atom is 0.266 e. The van der Waals surface area contributed by atoms with Crippen LogP contribution in [0.5, 0.6) is 0 Å². The van der Waals surface area contributed by atoms with E-state index in [4.69, 9.17) is 28.2 Å². The van der Waals surface area contributed by atoms with Crippen molar-refractivity contribution in [3.8, 4) is 5.69 Å². The van der Waals surface area contributed by atoms with Crippen molar-refractivity contribution >= 4 is 57.3 Å². The van der Waals surface area contributed by atoms with Gasteiger partial charge in [0.25, 0.3) is 5.56 Å². The van der Waals surface area contributed by atoms with Crippen LogP contribution in [0.15, 0.2) is 88.5 Å². The Morgan fingerprint density at radius 2 is 1.75 bits per heavy atom. The molecule has 1 aliphatic rings. The molecule has 4 aromatic rings. The molecule has 0 bridgehead atoms. The van der Waals surface area contributed by atoms with E-state index >= 15 is 0 Å². The third-order valence-corrected chi connectivity index (χ3v) is 8.19. The van der Waals surface area contributed by atoms with Gasteiger partial charge in [0.15, 0.2) is 10.9 Å². The molecule has 8 heteroatoms. The average Bonchev–Trinajstić information content (AvgIpc) is 3.05. The van der Waals surface area contributed by atoms with E-state index in [1.165, 1.54) is 21.9 Å². The molecule has 0 aliphatic carbocycles. The van der Waals surface area contributed by atoms with Crippen LogP contribution in [-0.2, 0) is 10.2 Å². The first-order valence-corrected chi connectivity index (χ1v) is 13.1. The van der Waals surface area contributed by atoms with Crippen molar-refractivity contribution in [1.82, 2.24) is 9.55 Å². The zero-order chi connectivity index (χ0) is 25.6. The van der Waals surface area contributed by atoms with Gasteiger partial charge in [0.05, 0.1) is 32.4 Å². The highest BCUT2D eigenvalue weighted by Gasteiger charge is 2.38. The molecule has 0 saturated carbocycles. The number of anilines is 1. The quantitative estimate of drug-likeness (QED) is 0.162. The highest BCUT2D eigenvalue weighted by molar-refractivity contribution is 7.99. The van der Waals surface area contributed by atoms with Gasteiger partial charge in [0.1, 0.15) is 0 Å². The van der Waals surface area contributed by atoms with Gasteiger partial charge in [-0.3, -0.25) is 14.2 Å². The predicted octanol–water partition coefficient (Wildman–Crippen LogP) is 6.67. The summed E-state index contributed by atoms with van der Waals surface area (Å²) >= 11 is 13.6. The minimum atomic E-state index is -0.297. The van der Waals surface area contributed by atoms with Crippen molar-refractivity contribution in [3.63, 3.8) is 0 Å². The normalized spacial score (nSPS) is 15.5. The number of allylic oxidation sites excluding steroid dienone is 2. The summed E-state index contributed by atoms with van der Waals surface area (Å²) < 4.78 is 1.48. The van der Waals surface area contributed by atoms with Gasteiger partial charge in [-0.15, -0.1) is 0 Å². The summed E-state index contributed by atoms with van der Waals surface area (Å²) in [6.07, 6.45) is 1.70. The summed E-state index contributed by atoms with van der Waals surface area (Å²) in [4.78, 5) is 33.4. The smallest absolute Gasteiger partial charge is 0.266 e. The summed E-state index contributed by atoms with van der Waals surface area (Å²) in [5, 5.41) is 1.61. The molecule has 0 atom stereocenters. The Morgan fingerprint density at radius 1 is 1.03 bits per heavy atom. The number of likely N-dealkylation sites (N-methyl/N-ethyl adjacent to an activating group) is 1. The lowest BCUT2D eigenvalue weighted by Crippen LogP contribution is -2.24. The maximum absolute atomic E-state index is 13.5. The van der Waals surface area contributed by atoms with Gasteiger partial charge in [-0.05, 0) is 42.0 Å². The lowest BCUT2D eigenvalue weighted by atomic mass is 9.83. The van der Waals surface area contributed by atoms with Crippen molar-refractivity contribution in [2.75, 3.05) is 17.7 Å². The Kier molecular flexibility index (Phi) is 6.45. The second-order valence-corrected chi connectivity index (χ2v) is 10.9. The standard InChI is InChI=1S/C28H23Cl2N3O2S/c1-28(2)20-9-5-7-11-24(20)32(3)25(28)15-18(34)16-36-27-31-23-10-6-4-8-19(23)26(35)33(27)17-12-13-21(29)22(30)14-17/h4-15H,16H2,1-3H3. The Morgan fingerprint density at radius 3 is 2.50 bits per heavy atom. The molecule has 1 aromatic heterocycles. The number of fused-ring (bicyclic) bond motifs is 2. The zero-order valence-corrected chi connectivity index (χ0v) is 22.3. The summed E-state index contributed by atoms with van der Waals surface area (Å²) in [6.45, 7) is 4.24. The third kappa shape index (κ3) is 4.23. The molecule has 0 unspecified atom stereocenters. The Labute approximate surface area is 223 Å². The first-order chi connectivity index (χ1) is 17.2. The molecule has 0 radical (unpaired) electrons. The molecule has 0 N–H and O–H groups in total. The number of thioether (sulfide) groups is 1. The monoisotopic (exact) mass is 535 g/mol. The number of para-hydroxylation sites is 2. The number of hydrogen-bond donors (Lipinski definition) is 0. The minimum absolute atomic E-state index is 0.0640. The molecule has 0 saturated heterocycles. The molecular weight excluding hydrogens is 513 g/mol. The fourth-order valence-electron chi connectivity index (χ4n) is 4.65. The van der Waals surface area contributed by atoms with Crippen LogP contribution in [-0.4, -0.2) is 28.1 Å². The van der Waals surface area contributed by atoms with Gasteiger partial charge in [-0.25, -0.2) is 4.98 Å². The van der Waals surface area contributed by atoms with Crippen molar-refractivity contribution in [2.24, 2.45) is 0 Å². The van der Waals surface area contributed by atoms with E-state index in [2.05, 4.69) is 30.9 Å². The van der Waals surface area contributed by atoms with Crippen LogP contribution in [0, 0.1) is 0 Å². The van der Waals surface area contributed by atoms with Crippen LogP contribution in [0.3, 0.4) is 0 Å². The van der Waals surface area contributed by atoms with E-state index in [9.17, 15) is 9.59 Å². The number of aromatic nitrogens is 2. The number of hydrogen-bond acceptors (Lipinski definition) is 5. The molecule has 0 spiro atoms. The van der Waals surface area contributed by atoms with Crippen molar-refractivity contribution in [1.29, 1.82) is 0 Å². The number of rotatable bonds is 5. The van der Waals surface area contributed by atoms with Gasteiger partial charge >= 0.3 is 0 Å². The van der Waals surface area contributed by atoms with E-state index < -0.39 is 0 Å². The van der Waals surface area contributed by atoms with Crippen molar-refractivity contribution < 1.29 is 4.79 Å². The van der Waals surface area contributed by atoms with Crippen LogP contribution >= 0.6 is 35.0 Å². The van der Waals surface area contributed by atoms with Gasteiger partial charge in [-0.1, -0.05) is 79.1 Å². The maximum atomic E-state index is 13.5. The first kappa shape index (κ1) is 24.6. The molecule has 5 rings (SSSR count). The van der Waals surface area contributed by atoms with E-state index in [1.54, 1.807) is 42.5 Å². The van der Waals surface area contributed by atoms with Crippen LogP contribution < -0.4 is 10.5 Å². The molecule has 36 heavy (non-hydrogen) atoms. The largest absolute Gasteiger partial charge is 0.347 e. The zero-order valence-electron chi connectivity index (χ0n) is 20.0. The fraction of sp³-hybridized carbons (Fsp3) is 0.179. The lowest BCUT2D eigenvalue weighted by molar-refractivity contribution is -0.112. The van der Waals surface area contributed by atoms with Crippen LogP contribution in [0.25, 0.3) is 16.6 Å². The lowest BCUT2D eigenvalue weighted by Gasteiger charge is -2.24. The van der Waals surface area contributed by atoms with Gasteiger partial charge in [-0.2, -0.15) is 0 Å². The molecule has 0 amide bonds. The summed E-state index contributed by atoms with van der Waals surface area (Å²) in [7, 11) is 1.98. The number of ketones is 1. The highest BCUT2D eigenvalue weighted by atomic mass is 35.5. The fourth-order valence-corrected chi connectivity index (χ4v) is 5.78. The summed E-state index contributed by atoms with van der Waals surface area (Å²) in [6, 6.07) is 20.3. The second kappa shape index (κ2) is 9.43. The SMILES string of the molecule is CN1C(=CC(=O)CSc2nc3ccccc3c(=O)n2-c2ccc(Cl)c(Cl)c2)C(C)(C)c2ccccc21. The number of carbonyl (C=O) groups is 1. The van der Waals surface area contributed by atoms with E-state index in [0.717, 1.165) is 11.4 Å². The Balaban J connectivity index is 1.50. The molecule has 3 aromatic carbocycles. The molecule has 0 fully saturated rings. The third-order valence-electron chi connectivity index (χ3n) is 6.49. The predicted molar refractivity (Wildman–Crippen MR) is 149 cm³/mol. The molecule has 1 aliphatic heterocycles. The topological polar surface area (TPSA) is 55.2 Å². The van der Waals surface area contributed by atoms with E-state index in [1.807, 2.05) is 25.2 Å². The van der Waals surface area contributed by atoms with Crippen LogP contribution in [0.1, 0.15) is 19.4 Å². The minimum Gasteiger partial charge on any atom is -0.347 e. The number of halogens is 2. The molecule has 182 valence electrons. The van der Waals surface area contributed by atoms with Gasteiger partial charge < -0.3 is 4.90 Å². The highest BCUT2D eigenvalue weighted by Crippen LogP contribution is 2.46. The summed E-state index contributed by atoms with van der Waals surface area (Å²) in [5.74, 6) is 0.0569. The van der Waals surface area contributed by atoms with Crippen molar-refractivity contribution in [2.45, 2.75) is 24.4 Å². The molecular formula is C28H23Cl2N3O2S. The van der Waals surface area contributed by atoms with E-state index in [0.29, 0.717) is 31.8 Å². The van der Waals surface area contributed by atoms with Crippen LogP contribution in [0.4, 0.5) is 5.69 Å². The summed E-state index contributed by atoms with van der Waals surface area (Å²) in [5.41, 5.74) is 3.78. The van der Waals surface area contributed by atoms with E-state index in [-0.39, 0.29) is 22.5 Å². The number of benzene rings is 3. The number of carbonyl (C=O) groups excluding carboxylic acids is 1. The average molecular weight is 536 g/mol. The van der Waals surface area contributed by atoms with Crippen molar-refractivity contribution in [3.05, 3.63) is 104 Å². The van der Waals surface area contributed by atoms with Gasteiger partial charge in [0, 0.05) is 29.9 Å². The first-order valence-electron chi connectivity index (χ1n) is 11.4. The molecule has 5 nitrogen and oxygen atoms in total. The van der Waals surface area contributed by atoms with Gasteiger partial charge in [0.2, 0.25) is 0 Å². The molecule has 2 heterocycles. The van der Waals surface area contributed by atoms with Crippen LogP contribution in [0.2, 0.25) is 10.0 Å².